The van der Waals surface area contributed by atoms with Gasteiger partial charge >= 0.3 is 6.03 Å². The molecule has 2 saturated heterocycles. The first-order valence-electron chi connectivity index (χ1n) is 5.97. The fourth-order valence-corrected chi connectivity index (χ4v) is 3.37. The van der Waals surface area contributed by atoms with E-state index in [2.05, 4.69) is 10.6 Å². The average molecular weight is 279 g/mol. The Morgan fingerprint density at radius 2 is 2.21 bits per heavy atom. The second-order valence-electron chi connectivity index (χ2n) is 4.94. The predicted molar refractivity (Wildman–Crippen MR) is 69.0 cm³/mol. The predicted octanol–water partition coefficient (Wildman–Crippen LogP) is 0.481. The molecule has 2 aliphatic rings. The van der Waals surface area contributed by atoms with Gasteiger partial charge in [0.2, 0.25) is 0 Å². The van der Waals surface area contributed by atoms with E-state index in [4.69, 9.17) is 0 Å². The van der Waals surface area contributed by atoms with Gasteiger partial charge in [0.15, 0.2) is 0 Å². The Morgan fingerprint density at radius 3 is 2.79 bits per heavy atom. The van der Waals surface area contributed by atoms with Crippen molar-refractivity contribution in [3.05, 3.63) is 21.9 Å². The zero-order valence-electron chi connectivity index (χ0n) is 10.4. The third-order valence-electron chi connectivity index (χ3n) is 3.66. The van der Waals surface area contributed by atoms with Crippen LogP contribution < -0.4 is 10.6 Å². The van der Waals surface area contributed by atoms with Crippen molar-refractivity contribution in [2.24, 2.45) is 0 Å². The van der Waals surface area contributed by atoms with Gasteiger partial charge in [-0.3, -0.25) is 14.9 Å². The van der Waals surface area contributed by atoms with Crippen molar-refractivity contribution >= 4 is 29.2 Å². The van der Waals surface area contributed by atoms with Crippen LogP contribution in [0, 0.1) is 6.92 Å². The number of urea groups is 1. The number of aryl methyl sites for hydroxylation is 1. The van der Waals surface area contributed by atoms with Crippen molar-refractivity contribution in [1.29, 1.82) is 0 Å². The highest BCUT2D eigenvalue weighted by Gasteiger charge is 2.51. The Hall–Kier alpha value is -1.89. The Kier molecular flexibility index (Phi) is 2.60. The molecule has 1 aromatic heterocycles. The molecule has 0 aromatic carbocycles. The summed E-state index contributed by atoms with van der Waals surface area (Å²) in [4.78, 5) is 37.0. The Bertz CT molecular complexity index is 583. The third kappa shape index (κ3) is 1.81. The molecule has 1 unspecified atom stereocenters. The summed E-state index contributed by atoms with van der Waals surface area (Å²) in [6.07, 6.45) is 0.458. The topological polar surface area (TPSA) is 78.5 Å². The minimum absolute atomic E-state index is 0.0791. The summed E-state index contributed by atoms with van der Waals surface area (Å²) in [7, 11) is 0. The summed E-state index contributed by atoms with van der Waals surface area (Å²) in [5.74, 6) is -0.417. The molecule has 0 bridgehead atoms. The number of carbonyl (C=O) groups excluding carboxylic acids is 3. The summed E-state index contributed by atoms with van der Waals surface area (Å²) < 4.78 is 0. The molecule has 3 rings (SSSR count). The van der Waals surface area contributed by atoms with Crippen molar-refractivity contribution in [2.45, 2.75) is 18.9 Å². The van der Waals surface area contributed by atoms with E-state index in [0.717, 1.165) is 5.56 Å². The van der Waals surface area contributed by atoms with Crippen LogP contribution in [-0.2, 0) is 4.79 Å². The number of hydrogen-bond donors (Lipinski definition) is 2. The van der Waals surface area contributed by atoms with Crippen LogP contribution in [0.3, 0.4) is 0 Å². The molecule has 2 N–H and O–H groups in total. The lowest BCUT2D eigenvalue weighted by molar-refractivity contribution is -0.123. The van der Waals surface area contributed by atoms with Gasteiger partial charge in [-0.1, -0.05) is 0 Å². The largest absolute Gasteiger partial charge is 0.336 e. The lowest BCUT2D eigenvalue weighted by Gasteiger charge is -2.21. The molecule has 0 radical (unpaired) electrons. The number of imide groups is 1. The van der Waals surface area contributed by atoms with Gasteiger partial charge in [-0.05, 0) is 24.3 Å². The maximum Gasteiger partial charge on any atom is 0.322 e. The molecule has 1 aromatic rings. The first kappa shape index (κ1) is 12.2. The van der Waals surface area contributed by atoms with Crippen LogP contribution in [-0.4, -0.2) is 41.4 Å². The van der Waals surface area contributed by atoms with Crippen LogP contribution in [0.2, 0.25) is 0 Å². The molecule has 1 spiro atoms. The molecule has 4 amide bonds. The quantitative estimate of drug-likeness (QED) is 0.734. The molecule has 1 atom stereocenters. The maximum atomic E-state index is 12.3. The summed E-state index contributed by atoms with van der Waals surface area (Å²) in [5.41, 5.74) is 0.680. The molecule has 2 aliphatic heterocycles. The molecule has 7 heteroatoms. The molecule has 100 valence electrons. The van der Waals surface area contributed by atoms with Gasteiger partial charge in [-0.25, -0.2) is 4.79 Å². The smallest absolute Gasteiger partial charge is 0.322 e. The van der Waals surface area contributed by atoms with Gasteiger partial charge in [-0.15, -0.1) is 0 Å². The van der Waals surface area contributed by atoms with Gasteiger partial charge < -0.3 is 10.2 Å². The maximum absolute atomic E-state index is 12.3. The van der Waals surface area contributed by atoms with E-state index in [1.807, 2.05) is 17.7 Å². The second-order valence-corrected chi connectivity index (χ2v) is 5.68. The van der Waals surface area contributed by atoms with Crippen molar-refractivity contribution in [3.63, 3.8) is 0 Å². The average Bonchev–Trinajstić information content (AvgIpc) is 3.01. The number of nitrogens with one attached hydrogen (secondary N) is 2. The number of likely N-dealkylation sites (tertiary alicyclic amines) is 1. The number of rotatable bonds is 1. The van der Waals surface area contributed by atoms with Crippen molar-refractivity contribution in [1.82, 2.24) is 15.5 Å². The summed E-state index contributed by atoms with van der Waals surface area (Å²) >= 11 is 1.48. The van der Waals surface area contributed by atoms with Gasteiger partial charge in [0.05, 0.1) is 12.1 Å². The monoisotopic (exact) mass is 279 g/mol. The number of thiophene rings is 1. The molecular weight excluding hydrogens is 266 g/mol. The van der Waals surface area contributed by atoms with E-state index in [9.17, 15) is 14.4 Å². The van der Waals surface area contributed by atoms with Crippen LogP contribution in [0.25, 0.3) is 0 Å². The highest BCUT2D eigenvalue weighted by atomic mass is 32.1. The van der Waals surface area contributed by atoms with E-state index in [0.29, 0.717) is 18.5 Å². The fraction of sp³-hybridized carbons (Fsp3) is 0.417. The highest BCUT2D eigenvalue weighted by molar-refractivity contribution is 7.08. The Morgan fingerprint density at radius 1 is 1.42 bits per heavy atom. The number of hydrogen-bond acceptors (Lipinski definition) is 4. The summed E-state index contributed by atoms with van der Waals surface area (Å²) in [6.45, 7) is 2.60. The van der Waals surface area contributed by atoms with Gasteiger partial charge in [0.25, 0.3) is 11.8 Å². The lowest BCUT2D eigenvalue weighted by Crippen LogP contribution is -2.49. The molecule has 6 nitrogen and oxygen atoms in total. The first-order valence-corrected chi connectivity index (χ1v) is 6.92. The van der Waals surface area contributed by atoms with Crippen molar-refractivity contribution in [2.75, 3.05) is 13.1 Å². The SMILES string of the molecule is Cc1cscc1C(=O)N1CCC2(C1)NC(=O)NC2=O. The van der Waals surface area contributed by atoms with Crippen LogP contribution >= 0.6 is 11.3 Å². The van der Waals surface area contributed by atoms with Crippen LogP contribution in [0.15, 0.2) is 10.8 Å². The lowest BCUT2D eigenvalue weighted by atomic mass is 9.99. The summed E-state index contributed by atoms with van der Waals surface area (Å²) in [5, 5.41) is 8.60. The highest BCUT2D eigenvalue weighted by Crippen LogP contribution is 2.27. The zero-order chi connectivity index (χ0) is 13.6. The van der Waals surface area contributed by atoms with E-state index < -0.39 is 11.6 Å². The standard InChI is InChI=1S/C12H13N3O3S/c1-7-4-19-5-8(7)9(16)15-3-2-12(6-15)10(17)13-11(18)14-12/h4-5H,2-3,6H2,1H3,(H2,13,14,17,18). The van der Waals surface area contributed by atoms with Gasteiger partial charge in [0.1, 0.15) is 5.54 Å². The molecule has 0 saturated carbocycles. The number of carbonyl (C=O) groups is 3. The van der Waals surface area contributed by atoms with Crippen molar-refractivity contribution in [3.8, 4) is 0 Å². The molecule has 2 fully saturated rings. The minimum atomic E-state index is -0.934. The Labute approximate surface area is 113 Å². The summed E-state index contributed by atoms with van der Waals surface area (Å²) in [6, 6.07) is -0.481. The minimum Gasteiger partial charge on any atom is -0.336 e. The molecule has 3 heterocycles. The zero-order valence-corrected chi connectivity index (χ0v) is 11.2. The number of amides is 4. The van der Waals surface area contributed by atoms with E-state index in [-0.39, 0.29) is 18.4 Å². The van der Waals surface area contributed by atoms with E-state index >= 15 is 0 Å². The van der Waals surface area contributed by atoms with Gasteiger partial charge in [0, 0.05) is 11.9 Å². The second kappa shape index (κ2) is 4.06. The molecular formula is C12H13N3O3S. The van der Waals surface area contributed by atoms with E-state index in [1.165, 1.54) is 11.3 Å². The van der Waals surface area contributed by atoms with Crippen LogP contribution in [0.4, 0.5) is 4.79 Å². The van der Waals surface area contributed by atoms with Crippen LogP contribution in [0.1, 0.15) is 22.3 Å². The van der Waals surface area contributed by atoms with E-state index in [1.54, 1.807) is 4.90 Å². The normalized spacial score (nSPS) is 25.8. The Balaban J connectivity index is 1.80. The fourth-order valence-electron chi connectivity index (χ4n) is 2.55. The van der Waals surface area contributed by atoms with Crippen molar-refractivity contribution < 1.29 is 14.4 Å². The van der Waals surface area contributed by atoms with Crippen LogP contribution in [0.5, 0.6) is 0 Å². The molecule has 19 heavy (non-hydrogen) atoms. The van der Waals surface area contributed by atoms with Gasteiger partial charge in [-0.2, -0.15) is 11.3 Å². The first-order chi connectivity index (χ1) is 9.02. The molecule has 0 aliphatic carbocycles. The third-order valence-corrected chi connectivity index (χ3v) is 4.52. The number of nitrogens with zero attached hydrogens (tertiary/aromatic N) is 1.